The van der Waals surface area contributed by atoms with Crippen molar-refractivity contribution < 1.29 is 0 Å². The lowest BCUT2D eigenvalue weighted by atomic mass is 10.3. The first-order valence-electron chi connectivity index (χ1n) is 6.47. The van der Waals surface area contributed by atoms with Gasteiger partial charge in [-0.1, -0.05) is 6.92 Å². The van der Waals surface area contributed by atoms with E-state index in [0.717, 1.165) is 31.9 Å². The number of piperazine rings is 1. The molecule has 96 valence electrons. The zero-order valence-corrected chi connectivity index (χ0v) is 10.7. The van der Waals surface area contributed by atoms with Gasteiger partial charge in [-0.15, -0.1) is 0 Å². The van der Waals surface area contributed by atoms with Gasteiger partial charge in [-0.2, -0.15) is 0 Å². The molecule has 0 aliphatic carbocycles. The van der Waals surface area contributed by atoms with Crippen LogP contribution in [0, 0.1) is 0 Å². The molecule has 17 heavy (non-hydrogen) atoms. The summed E-state index contributed by atoms with van der Waals surface area (Å²) in [5, 5.41) is 0. The first-order valence-corrected chi connectivity index (χ1v) is 6.47. The molecule has 0 saturated carbocycles. The van der Waals surface area contributed by atoms with Crippen LogP contribution in [0.1, 0.15) is 12.6 Å². The van der Waals surface area contributed by atoms with E-state index in [-0.39, 0.29) is 0 Å². The number of hydrogen-bond acceptors (Lipinski definition) is 4. The summed E-state index contributed by atoms with van der Waals surface area (Å²) in [5.41, 5.74) is 6.68. The van der Waals surface area contributed by atoms with Crippen LogP contribution in [0.3, 0.4) is 0 Å². The fraction of sp³-hybridized carbons (Fsp3) is 0.750. The van der Waals surface area contributed by atoms with E-state index >= 15 is 0 Å². The average molecular weight is 237 g/mol. The lowest BCUT2D eigenvalue weighted by Crippen LogP contribution is -2.45. The van der Waals surface area contributed by atoms with Crippen LogP contribution in [0.4, 0.5) is 0 Å². The van der Waals surface area contributed by atoms with Crippen LogP contribution in [0.15, 0.2) is 12.5 Å². The number of hydrogen-bond donors (Lipinski definition) is 1. The maximum absolute atomic E-state index is 5.52. The molecule has 5 nitrogen and oxygen atoms in total. The van der Waals surface area contributed by atoms with Crippen molar-refractivity contribution in [3.63, 3.8) is 0 Å². The molecule has 2 N–H and O–H groups in total. The van der Waals surface area contributed by atoms with Crippen LogP contribution in [0.25, 0.3) is 0 Å². The van der Waals surface area contributed by atoms with Crippen molar-refractivity contribution in [3.05, 3.63) is 18.2 Å². The number of nitrogens with two attached hydrogens (primary N) is 1. The minimum atomic E-state index is 0.672. The molecule has 0 aromatic carbocycles. The van der Waals surface area contributed by atoms with Crippen molar-refractivity contribution in [2.45, 2.75) is 20.0 Å². The van der Waals surface area contributed by atoms with Crippen molar-refractivity contribution in [3.8, 4) is 0 Å². The molecule has 0 atom stereocenters. The summed E-state index contributed by atoms with van der Waals surface area (Å²) in [4.78, 5) is 9.38. The Labute approximate surface area is 103 Å². The zero-order valence-electron chi connectivity index (χ0n) is 10.7. The van der Waals surface area contributed by atoms with Gasteiger partial charge >= 0.3 is 0 Å². The van der Waals surface area contributed by atoms with Gasteiger partial charge in [-0.3, -0.25) is 4.90 Å². The van der Waals surface area contributed by atoms with Crippen LogP contribution >= 0.6 is 0 Å². The van der Waals surface area contributed by atoms with E-state index in [1.54, 1.807) is 0 Å². The second-order valence-electron chi connectivity index (χ2n) is 4.60. The Hall–Kier alpha value is -0.910. The van der Waals surface area contributed by atoms with Crippen molar-refractivity contribution in [2.75, 3.05) is 39.3 Å². The molecule has 1 aliphatic heterocycles. The van der Waals surface area contributed by atoms with Crippen LogP contribution < -0.4 is 5.73 Å². The quantitative estimate of drug-likeness (QED) is 0.782. The molecule has 1 aromatic heterocycles. The highest BCUT2D eigenvalue weighted by molar-refractivity contribution is 4.97. The third-order valence-corrected chi connectivity index (χ3v) is 3.37. The lowest BCUT2D eigenvalue weighted by Gasteiger charge is -2.33. The Morgan fingerprint density at radius 2 is 1.94 bits per heavy atom. The normalized spacial score (nSPS) is 18.7. The molecule has 0 amide bonds. The number of rotatable bonds is 5. The molecule has 1 aliphatic rings. The van der Waals surface area contributed by atoms with Gasteiger partial charge < -0.3 is 15.2 Å². The van der Waals surface area contributed by atoms with E-state index in [9.17, 15) is 0 Å². The summed E-state index contributed by atoms with van der Waals surface area (Å²) in [5.74, 6) is 0. The number of nitrogens with zero attached hydrogens (tertiary/aromatic N) is 4. The molecule has 2 rings (SSSR count). The van der Waals surface area contributed by atoms with Gasteiger partial charge in [0.1, 0.15) is 0 Å². The topological polar surface area (TPSA) is 50.3 Å². The Kier molecular flexibility index (Phi) is 4.53. The minimum Gasteiger partial charge on any atom is -0.336 e. The first kappa shape index (κ1) is 12.5. The summed E-state index contributed by atoms with van der Waals surface area (Å²) in [6, 6.07) is 0. The second kappa shape index (κ2) is 6.14. The molecule has 0 unspecified atom stereocenters. The van der Waals surface area contributed by atoms with E-state index in [0.29, 0.717) is 6.54 Å². The van der Waals surface area contributed by atoms with Crippen LogP contribution in [0.2, 0.25) is 0 Å². The van der Waals surface area contributed by atoms with Gasteiger partial charge in [0.25, 0.3) is 0 Å². The van der Waals surface area contributed by atoms with Gasteiger partial charge in [0.05, 0.1) is 12.0 Å². The van der Waals surface area contributed by atoms with Crippen LogP contribution in [-0.2, 0) is 13.1 Å². The van der Waals surface area contributed by atoms with E-state index < -0.39 is 0 Å². The number of likely N-dealkylation sites (N-methyl/N-ethyl adjacent to an activating group) is 1. The van der Waals surface area contributed by atoms with Crippen molar-refractivity contribution in [1.29, 1.82) is 0 Å². The highest BCUT2D eigenvalue weighted by atomic mass is 15.3. The second-order valence-corrected chi connectivity index (χ2v) is 4.60. The van der Waals surface area contributed by atoms with E-state index in [4.69, 9.17) is 5.73 Å². The van der Waals surface area contributed by atoms with Gasteiger partial charge in [0.15, 0.2) is 0 Å². The Morgan fingerprint density at radius 1 is 1.24 bits per heavy atom. The Morgan fingerprint density at radius 3 is 2.59 bits per heavy atom. The predicted octanol–water partition coefficient (Wildman–Crippen LogP) is -0.0207. The summed E-state index contributed by atoms with van der Waals surface area (Å²) < 4.78 is 2.07. The lowest BCUT2D eigenvalue weighted by molar-refractivity contribution is 0.131. The monoisotopic (exact) mass is 237 g/mol. The van der Waals surface area contributed by atoms with Gasteiger partial charge in [0.2, 0.25) is 0 Å². The fourth-order valence-corrected chi connectivity index (χ4v) is 2.25. The zero-order chi connectivity index (χ0) is 12.1. The molecule has 1 saturated heterocycles. The van der Waals surface area contributed by atoms with Crippen molar-refractivity contribution >= 4 is 0 Å². The molecular formula is C12H23N5. The SMILES string of the molecule is CCN1CCN(Cc2cn(CCN)cn2)CC1. The maximum Gasteiger partial charge on any atom is 0.0950 e. The molecule has 1 aromatic rings. The summed E-state index contributed by atoms with van der Waals surface area (Å²) in [6.07, 6.45) is 3.99. The highest BCUT2D eigenvalue weighted by Crippen LogP contribution is 2.06. The molecule has 0 radical (unpaired) electrons. The predicted molar refractivity (Wildman–Crippen MR) is 68.7 cm³/mol. The third kappa shape index (κ3) is 3.52. The Balaban J connectivity index is 1.80. The smallest absolute Gasteiger partial charge is 0.0950 e. The molecule has 0 spiro atoms. The molecule has 0 bridgehead atoms. The summed E-state index contributed by atoms with van der Waals surface area (Å²) in [7, 11) is 0. The van der Waals surface area contributed by atoms with Gasteiger partial charge in [-0.05, 0) is 6.54 Å². The summed E-state index contributed by atoms with van der Waals surface area (Å²) >= 11 is 0. The van der Waals surface area contributed by atoms with Crippen molar-refractivity contribution in [2.24, 2.45) is 5.73 Å². The Bertz CT molecular complexity index is 327. The molecule has 2 heterocycles. The van der Waals surface area contributed by atoms with E-state index in [1.807, 2.05) is 6.33 Å². The number of aromatic nitrogens is 2. The fourth-order valence-electron chi connectivity index (χ4n) is 2.25. The van der Waals surface area contributed by atoms with Crippen LogP contribution in [-0.4, -0.2) is 58.6 Å². The van der Waals surface area contributed by atoms with E-state index in [1.165, 1.54) is 19.6 Å². The maximum atomic E-state index is 5.52. The minimum absolute atomic E-state index is 0.672. The van der Waals surface area contributed by atoms with Crippen LogP contribution in [0.5, 0.6) is 0 Å². The average Bonchev–Trinajstić information content (AvgIpc) is 2.78. The first-order chi connectivity index (χ1) is 8.31. The summed E-state index contributed by atoms with van der Waals surface area (Å²) in [6.45, 7) is 10.6. The molecule has 5 heteroatoms. The number of imidazole rings is 1. The van der Waals surface area contributed by atoms with Gasteiger partial charge in [0, 0.05) is 52.0 Å². The molecule has 1 fully saturated rings. The largest absolute Gasteiger partial charge is 0.336 e. The van der Waals surface area contributed by atoms with E-state index in [2.05, 4.69) is 32.5 Å². The van der Waals surface area contributed by atoms with Crippen molar-refractivity contribution in [1.82, 2.24) is 19.4 Å². The third-order valence-electron chi connectivity index (χ3n) is 3.37. The molecular weight excluding hydrogens is 214 g/mol. The van der Waals surface area contributed by atoms with Gasteiger partial charge in [-0.25, -0.2) is 4.98 Å². The highest BCUT2D eigenvalue weighted by Gasteiger charge is 2.16. The standard InChI is InChI=1S/C12H23N5/c1-2-15-5-7-16(8-6-15)9-12-10-17(4-3-13)11-14-12/h10-11H,2-9,13H2,1H3.